The molecule has 0 radical (unpaired) electrons. The van der Waals surface area contributed by atoms with Crippen molar-refractivity contribution >= 4 is 17.0 Å². The van der Waals surface area contributed by atoms with Crippen molar-refractivity contribution in [3.8, 4) is 11.8 Å². The molecule has 3 aromatic rings. The average molecular weight is 286 g/mol. The third-order valence-electron chi connectivity index (χ3n) is 2.73. The number of thiophene rings is 1. The molecule has 0 aliphatic heterocycles. The molecule has 20 heavy (non-hydrogen) atoms. The van der Waals surface area contributed by atoms with Crippen LogP contribution in [0.25, 0.3) is 5.65 Å². The third-order valence-corrected chi connectivity index (χ3v) is 3.64. The van der Waals surface area contributed by atoms with E-state index in [0.717, 1.165) is 10.4 Å². The van der Waals surface area contributed by atoms with Crippen LogP contribution in [0.1, 0.15) is 10.4 Å². The van der Waals surface area contributed by atoms with Crippen LogP contribution >= 0.6 is 11.3 Å². The number of aromatic nitrogens is 4. The van der Waals surface area contributed by atoms with E-state index in [1.807, 2.05) is 11.4 Å². The first kappa shape index (κ1) is 12.6. The quantitative estimate of drug-likeness (QED) is 0.690. The van der Waals surface area contributed by atoms with Crippen molar-refractivity contribution in [1.82, 2.24) is 19.2 Å². The summed E-state index contributed by atoms with van der Waals surface area (Å²) in [5.41, 5.74) is 1.11. The van der Waals surface area contributed by atoms with E-state index in [2.05, 4.69) is 21.9 Å². The van der Waals surface area contributed by atoms with Gasteiger partial charge in [0.15, 0.2) is 5.65 Å². The topological polar surface area (TPSA) is 72.4 Å². The number of nitrogens with zero attached hydrogens (tertiary/aromatic N) is 4. The maximum atomic E-state index is 12.1. The highest BCUT2D eigenvalue weighted by Crippen LogP contribution is 2.16. The summed E-state index contributed by atoms with van der Waals surface area (Å²) in [6.07, 6.45) is 4.67. The zero-order valence-corrected chi connectivity index (χ0v) is 11.2. The first-order valence-electron chi connectivity index (χ1n) is 5.85. The standard InChI is InChI=1S/C13H10N4O2S/c18-6-1-2-10-3-7-20-11(10)9-17-13(19)16-5-4-14-8-12(16)15-17/h3-5,7-8,18H,6,9H2. The summed E-state index contributed by atoms with van der Waals surface area (Å²) < 4.78 is 2.83. The average Bonchev–Trinajstić information content (AvgIpc) is 3.03. The van der Waals surface area contributed by atoms with Crippen molar-refractivity contribution in [1.29, 1.82) is 0 Å². The Balaban J connectivity index is 2.00. The van der Waals surface area contributed by atoms with Gasteiger partial charge >= 0.3 is 5.69 Å². The Morgan fingerprint density at radius 1 is 1.45 bits per heavy atom. The second-order valence-electron chi connectivity index (χ2n) is 3.96. The van der Waals surface area contributed by atoms with Crippen LogP contribution in [0.4, 0.5) is 0 Å². The Hall–Kier alpha value is -2.43. The highest BCUT2D eigenvalue weighted by atomic mass is 32.1. The van der Waals surface area contributed by atoms with E-state index in [1.165, 1.54) is 20.4 Å². The van der Waals surface area contributed by atoms with Gasteiger partial charge in [0.05, 0.1) is 12.7 Å². The summed E-state index contributed by atoms with van der Waals surface area (Å²) in [5, 5.41) is 14.9. The lowest BCUT2D eigenvalue weighted by Gasteiger charge is -1.97. The lowest BCUT2D eigenvalue weighted by molar-refractivity contribution is 0.350. The second-order valence-corrected chi connectivity index (χ2v) is 4.96. The maximum absolute atomic E-state index is 12.1. The SMILES string of the molecule is O=c1n(Cc2sccc2C#CCO)nc2cnccn12. The van der Waals surface area contributed by atoms with Gasteiger partial charge in [-0.3, -0.25) is 4.98 Å². The fourth-order valence-electron chi connectivity index (χ4n) is 1.83. The Morgan fingerprint density at radius 2 is 2.35 bits per heavy atom. The van der Waals surface area contributed by atoms with Crippen molar-refractivity contribution in [2.24, 2.45) is 0 Å². The number of rotatable bonds is 2. The van der Waals surface area contributed by atoms with Crippen LogP contribution in [0.5, 0.6) is 0 Å². The third kappa shape index (κ3) is 2.22. The van der Waals surface area contributed by atoms with Gasteiger partial charge in [-0.2, -0.15) is 0 Å². The Kier molecular flexibility index (Phi) is 3.33. The highest BCUT2D eigenvalue weighted by Gasteiger charge is 2.09. The summed E-state index contributed by atoms with van der Waals surface area (Å²) in [7, 11) is 0. The fraction of sp³-hybridized carbons (Fsp3) is 0.154. The van der Waals surface area contributed by atoms with Crippen LogP contribution in [0.15, 0.2) is 34.8 Å². The summed E-state index contributed by atoms with van der Waals surface area (Å²) in [6.45, 7) is 0.170. The molecule has 1 N–H and O–H groups in total. The minimum atomic E-state index is -0.211. The molecular formula is C13H10N4O2S. The molecular weight excluding hydrogens is 276 g/mol. The van der Waals surface area contributed by atoms with Crippen molar-refractivity contribution in [3.63, 3.8) is 0 Å². The number of aliphatic hydroxyl groups excluding tert-OH is 1. The van der Waals surface area contributed by atoms with E-state index >= 15 is 0 Å². The van der Waals surface area contributed by atoms with Crippen LogP contribution in [0.3, 0.4) is 0 Å². The van der Waals surface area contributed by atoms with E-state index in [-0.39, 0.29) is 12.3 Å². The molecule has 6 nitrogen and oxygen atoms in total. The molecule has 3 rings (SSSR count). The molecule has 0 bridgehead atoms. The molecule has 0 aliphatic carbocycles. The van der Waals surface area contributed by atoms with Gasteiger partial charge in [-0.25, -0.2) is 13.9 Å². The highest BCUT2D eigenvalue weighted by molar-refractivity contribution is 7.10. The first-order valence-corrected chi connectivity index (χ1v) is 6.73. The number of hydrogen-bond donors (Lipinski definition) is 1. The molecule has 100 valence electrons. The molecule has 0 spiro atoms. The normalized spacial score (nSPS) is 10.4. The minimum Gasteiger partial charge on any atom is -0.384 e. The van der Waals surface area contributed by atoms with Gasteiger partial charge < -0.3 is 5.11 Å². The molecule has 0 aromatic carbocycles. The monoisotopic (exact) mass is 286 g/mol. The van der Waals surface area contributed by atoms with Gasteiger partial charge in [-0.05, 0) is 11.4 Å². The molecule has 0 saturated heterocycles. The molecule has 3 heterocycles. The molecule has 0 unspecified atom stereocenters. The summed E-state index contributed by atoms with van der Waals surface area (Å²) in [6, 6.07) is 1.87. The van der Waals surface area contributed by atoms with Crippen LogP contribution < -0.4 is 5.69 Å². The van der Waals surface area contributed by atoms with Crippen molar-refractivity contribution in [2.45, 2.75) is 6.54 Å². The molecule has 0 saturated carbocycles. The molecule has 3 aromatic heterocycles. The lowest BCUT2D eigenvalue weighted by Crippen LogP contribution is -2.21. The number of aliphatic hydroxyl groups is 1. The molecule has 0 amide bonds. The Bertz CT molecular complexity index is 865. The lowest BCUT2D eigenvalue weighted by atomic mass is 10.2. The Labute approximate surface area is 117 Å². The largest absolute Gasteiger partial charge is 0.384 e. The molecule has 0 aliphatic rings. The number of fused-ring (bicyclic) bond motifs is 1. The van der Waals surface area contributed by atoms with Gasteiger partial charge in [0.25, 0.3) is 0 Å². The van der Waals surface area contributed by atoms with Gasteiger partial charge in [-0.1, -0.05) is 11.8 Å². The van der Waals surface area contributed by atoms with Crippen LogP contribution in [-0.4, -0.2) is 30.9 Å². The van der Waals surface area contributed by atoms with Gasteiger partial charge in [0, 0.05) is 22.8 Å². The smallest absolute Gasteiger partial charge is 0.350 e. The predicted molar refractivity (Wildman–Crippen MR) is 74.6 cm³/mol. The summed E-state index contributed by atoms with van der Waals surface area (Å²) in [4.78, 5) is 17.0. The molecule has 0 atom stereocenters. The number of hydrogen-bond acceptors (Lipinski definition) is 5. The van der Waals surface area contributed by atoms with E-state index in [1.54, 1.807) is 18.6 Å². The van der Waals surface area contributed by atoms with Gasteiger partial charge in [0.1, 0.15) is 6.61 Å². The van der Waals surface area contributed by atoms with Crippen molar-refractivity contribution in [3.05, 3.63) is 51.0 Å². The maximum Gasteiger partial charge on any atom is 0.350 e. The van der Waals surface area contributed by atoms with Crippen LogP contribution in [0.2, 0.25) is 0 Å². The van der Waals surface area contributed by atoms with E-state index in [4.69, 9.17) is 5.11 Å². The van der Waals surface area contributed by atoms with Crippen LogP contribution in [0, 0.1) is 11.8 Å². The van der Waals surface area contributed by atoms with Crippen molar-refractivity contribution in [2.75, 3.05) is 6.61 Å². The van der Waals surface area contributed by atoms with Gasteiger partial charge in [-0.15, -0.1) is 16.4 Å². The fourth-order valence-corrected chi connectivity index (χ4v) is 2.64. The zero-order chi connectivity index (χ0) is 13.9. The van der Waals surface area contributed by atoms with E-state index in [0.29, 0.717) is 12.2 Å². The predicted octanol–water partition coefficient (Wildman–Crippen LogP) is 0.345. The molecule has 0 fully saturated rings. The Morgan fingerprint density at radius 3 is 3.15 bits per heavy atom. The van der Waals surface area contributed by atoms with Crippen molar-refractivity contribution < 1.29 is 5.11 Å². The van der Waals surface area contributed by atoms with Crippen LogP contribution in [-0.2, 0) is 6.54 Å². The van der Waals surface area contributed by atoms with E-state index < -0.39 is 0 Å². The summed E-state index contributed by atoms with van der Waals surface area (Å²) >= 11 is 1.50. The minimum absolute atomic E-state index is 0.185. The van der Waals surface area contributed by atoms with E-state index in [9.17, 15) is 4.79 Å². The first-order chi connectivity index (χ1) is 9.79. The second kappa shape index (κ2) is 5.28. The van der Waals surface area contributed by atoms with Gasteiger partial charge in [0.2, 0.25) is 0 Å². The zero-order valence-electron chi connectivity index (χ0n) is 10.4. The molecule has 7 heteroatoms. The summed E-state index contributed by atoms with van der Waals surface area (Å²) in [5.74, 6) is 5.47.